The van der Waals surface area contributed by atoms with Crippen molar-refractivity contribution in [2.45, 2.75) is 26.2 Å². The van der Waals surface area contributed by atoms with Gasteiger partial charge >= 0.3 is 0 Å². The highest BCUT2D eigenvalue weighted by molar-refractivity contribution is 7.26. The van der Waals surface area contributed by atoms with Crippen molar-refractivity contribution in [1.29, 1.82) is 0 Å². The first-order valence-electron chi connectivity index (χ1n) is 21.2. The molecule has 0 saturated carbocycles. The van der Waals surface area contributed by atoms with Crippen LogP contribution in [0.3, 0.4) is 0 Å². The summed E-state index contributed by atoms with van der Waals surface area (Å²) in [5.41, 5.74) is 11.4. The van der Waals surface area contributed by atoms with Crippen molar-refractivity contribution in [3.05, 3.63) is 181 Å². The monoisotopic (exact) mass is 727 g/mol. The number of fused-ring (bicyclic) bond motifs is 9. The van der Waals surface area contributed by atoms with E-state index in [-0.39, 0.29) is 41.2 Å². The summed E-state index contributed by atoms with van der Waals surface area (Å²) in [5, 5.41) is 6.67. The van der Waals surface area contributed by atoms with Crippen LogP contribution in [0.15, 0.2) is 176 Å². The van der Waals surface area contributed by atoms with E-state index >= 15 is 0 Å². The van der Waals surface area contributed by atoms with E-state index in [2.05, 4.69) is 157 Å². The minimum Gasteiger partial charge on any atom is -0.309 e. The highest BCUT2D eigenvalue weighted by Gasteiger charge is 2.19. The van der Waals surface area contributed by atoms with Crippen LogP contribution < -0.4 is 0 Å². The first-order valence-corrected chi connectivity index (χ1v) is 19.5. The number of hydrogen-bond donors (Lipinski definition) is 0. The first-order chi connectivity index (χ1) is 29.0. The van der Waals surface area contributed by atoms with Crippen molar-refractivity contribution < 1.29 is 6.85 Å². The Kier molecular flexibility index (Phi) is 5.96. The van der Waals surface area contributed by atoms with Crippen molar-refractivity contribution in [3.63, 3.8) is 0 Å². The lowest BCUT2D eigenvalue weighted by Crippen LogP contribution is -2.10. The number of para-hydroxylation sites is 2. The van der Waals surface area contributed by atoms with Gasteiger partial charge in [0.15, 0.2) is 0 Å². The molecule has 262 valence electrons. The minimum atomic E-state index is -0.387. The molecule has 0 aliphatic carbocycles. The summed E-state index contributed by atoms with van der Waals surface area (Å²) in [6.45, 7) is 6.75. The Hall–Kier alpha value is -6.42. The third-order valence-corrected chi connectivity index (χ3v) is 12.3. The molecule has 3 heteroatoms. The molecule has 3 heterocycles. The summed E-state index contributed by atoms with van der Waals surface area (Å²) in [7, 11) is 0. The van der Waals surface area contributed by atoms with E-state index in [1.165, 1.54) is 38.1 Å². The highest BCUT2D eigenvalue weighted by atomic mass is 32.1. The molecule has 2 nitrogen and oxygen atoms in total. The predicted octanol–water partition coefficient (Wildman–Crippen LogP) is 14.9. The third-order valence-electron chi connectivity index (χ3n) is 11.2. The molecule has 0 aliphatic heterocycles. The van der Waals surface area contributed by atoms with Crippen LogP contribution in [-0.4, -0.2) is 9.13 Å². The summed E-state index contributed by atoms with van der Waals surface area (Å²) < 4.78 is 49.0. The molecule has 11 aromatic rings. The predicted molar refractivity (Wildman–Crippen MR) is 238 cm³/mol. The SMILES string of the molecule is [2H]c1c([2H])c([2H])c(-c2cccc3sc4cc(-n5c6ccccc6c6cc(-c7ccc8c(c7)c7ccccc7n8-c7ccc(C(C)(C)C)cc7)ccc65)ccc4c23)c([2H])c1[2H]. The van der Waals surface area contributed by atoms with Gasteiger partial charge in [-0.3, -0.25) is 0 Å². The Morgan fingerprint density at radius 2 is 1.04 bits per heavy atom. The van der Waals surface area contributed by atoms with E-state index in [0.717, 1.165) is 53.7 Å². The molecule has 0 fully saturated rings. The molecule has 0 N–H and O–H groups in total. The molecule has 0 unspecified atom stereocenters. The number of nitrogens with zero attached hydrogens (tertiary/aromatic N) is 2. The van der Waals surface area contributed by atoms with Gasteiger partial charge < -0.3 is 9.13 Å². The van der Waals surface area contributed by atoms with Gasteiger partial charge in [0.1, 0.15) is 0 Å². The van der Waals surface area contributed by atoms with Crippen LogP contribution in [0.25, 0.3) is 97.4 Å². The lowest BCUT2D eigenvalue weighted by molar-refractivity contribution is 0.590. The van der Waals surface area contributed by atoms with Crippen LogP contribution in [0.5, 0.6) is 0 Å². The van der Waals surface area contributed by atoms with Gasteiger partial charge in [0.2, 0.25) is 0 Å². The summed E-state index contributed by atoms with van der Waals surface area (Å²) >= 11 is 1.65. The maximum absolute atomic E-state index is 8.71. The zero-order valence-electron chi connectivity index (χ0n) is 35.7. The first kappa shape index (κ1) is 27.2. The van der Waals surface area contributed by atoms with Gasteiger partial charge in [-0.25, -0.2) is 0 Å². The minimum absolute atomic E-state index is 0.0851. The molecule has 0 radical (unpaired) electrons. The van der Waals surface area contributed by atoms with Crippen LogP contribution in [0.2, 0.25) is 0 Å². The van der Waals surface area contributed by atoms with Crippen LogP contribution in [0, 0.1) is 0 Å². The number of rotatable bonds is 4. The fourth-order valence-corrected chi connectivity index (χ4v) is 9.68. The molecule has 55 heavy (non-hydrogen) atoms. The Morgan fingerprint density at radius 1 is 0.455 bits per heavy atom. The molecule has 0 saturated heterocycles. The Morgan fingerprint density at radius 3 is 1.67 bits per heavy atom. The second kappa shape index (κ2) is 12.0. The molecule has 0 aliphatic rings. The van der Waals surface area contributed by atoms with E-state index in [0.29, 0.717) is 5.56 Å². The van der Waals surface area contributed by atoms with Gasteiger partial charge in [-0.2, -0.15) is 0 Å². The van der Waals surface area contributed by atoms with Gasteiger partial charge in [0.25, 0.3) is 0 Å². The van der Waals surface area contributed by atoms with E-state index in [4.69, 9.17) is 6.85 Å². The van der Waals surface area contributed by atoms with Crippen molar-refractivity contribution >= 4 is 75.1 Å². The molecular weight excluding hydrogens is 685 g/mol. The van der Waals surface area contributed by atoms with Gasteiger partial charge in [-0.15, -0.1) is 11.3 Å². The topological polar surface area (TPSA) is 9.86 Å². The highest BCUT2D eigenvalue weighted by Crippen LogP contribution is 2.43. The zero-order valence-corrected chi connectivity index (χ0v) is 31.5. The summed E-state index contributed by atoms with van der Waals surface area (Å²) in [4.78, 5) is 0. The average Bonchev–Trinajstić information content (AvgIpc) is 3.92. The maximum atomic E-state index is 8.71. The Bertz CT molecular complexity index is 3560. The average molecular weight is 728 g/mol. The van der Waals surface area contributed by atoms with Crippen molar-refractivity contribution in [3.8, 4) is 33.6 Å². The lowest BCUT2D eigenvalue weighted by atomic mass is 9.87. The van der Waals surface area contributed by atoms with Crippen molar-refractivity contribution in [2.24, 2.45) is 0 Å². The number of hydrogen-bond acceptors (Lipinski definition) is 1. The molecule has 8 aromatic carbocycles. The van der Waals surface area contributed by atoms with Gasteiger partial charge in [-0.1, -0.05) is 130 Å². The van der Waals surface area contributed by atoms with Gasteiger partial charge in [-0.05, 0) is 100.0 Å². The summed E-state index contributed by atoms with van der Waals surface area (Å²) in [6, 6.07) is 50.7. The van der Waals surface area contributed by atoms with Crippen molar-refractivity contribution in [2.75, 3.05) is 0 Å². The van der Waals surface area contributed by atoms with E-state index < -0.39 is 0 Å². The molecule has 11 rings (SSSR count). The molecule has 0 spiro atoms. The van der Waals surface area contributed by atoms with Crippen LogP contribution in [-0.2, 0) is 5.41 Å². The van der Waals surface area contributed by atoms with Crippen LogP contribution in [0.4, 0.5) is 0 Å². The third kappa shape index (κ3) is 5.00. The Labute approximate surface area is 331 Å². The van der Waals surface area contributed by atoms with Gasteiger partial charge in [0.05, 0.1) is 28.9 Å². The second-order valence-electron chi connectivity index (χ2n) is 15.4. The molecule has 3 aromatic heterocycles. The van der Waals surface area contributed by atoms with E-state index in [9.17, 15) is 0 Å². The van der Waals surface area contributed by atoms with Crippen LogP contribution >= 0.6 is 11.3 Å². The zero-order chi connectivity index (χ0) is 41.2. The molecule has 0 amide bonds. The molecule has 0 bridgehead atoms. The standard InChI is InChI=1S/C52H38N2S/c1-52(2,3)36-22-24-37(25-23-36)53-45-17-9-7-14-40(45)43-30-34(20-28-47(43)53)35-21-29-48-44(31-35)41-15-8-10-18-46(41)54(48)38-26-27-42-50(32-38)55-49-19-11-16-39(51(42)49)33-12-5-4-6-13-33/h4-32H,1-3H3/i4D,5D,6D,12D,13D. The summed E-state index contributed by atoms with van der Waals surface area (Å²) in [6.07, 6.45) is 0. The largest absolute Gasteiger partial charge is 0.309 e. The smallest absolute Gasteiger partial charge is 0.0629 e. The number of thiophene rings is 1. The quantitative estimate of drug-likeness (QED) is 0.171. The fourth-order valence-electron chi connectivity index (χ4n) is 8.52. The summed E-state index contributed by atoms with van der Waals surface area (Å²) in [5.74, 6) is 0. The van der Waals surface area contributed by atoms with Gasteiger partial charge in [0, 0.05) is 53.1 Å². The van der Waals surface area contributed by atoms with E-state index in [1.807, 2.05) is 18.2 Å². The van der Waals surface area contributed by atoms with Crippen molar-refractivity contribution in [1.82, 2.24) is 9.13 Å². The maximum Gasteiger partial charge on any atom is 0.0629 e. The Balaban J connectivity index is 1.04. The number of benzene rings is 8. The second-order valence-corrected chi connectivity index (χ2v) is 16.5. The van der Waals surface area contributed by atoms with E-state index in [1.54, 1.807) is 11.3 Å². The normalized spacial score (nSPS) is 13.5. The van der Waals surface area contributed by atoms with Crippen LogP contribution in [0.1, 0.15) is 33.2 Å². The fraction of sp³-hybridized carbons (Fsp3) is 0.0769. The lowest BCUT2D eigenvalue weighted by Gasteiger charge is -2.19. The number of aromatic nitrogens is 2. The molecule has 0 atom stereocenters. The molecular formula is C52H38N2S.